The number of fused-ring (bicyclic) bond motifs is 1. The molecular formula is C27H32N4O6S. The maximum Gasteiger partial charge on any atom is 0.341 e. The van der Waals surface area contributed by atoms with Crippen molar-refractivity contribution in [1.29, 1.82) is 0 Å². The van der Waals surface area contributed by atoms with Gasteiger partial charge in [-0.3, -0.25) is 9.69 Å². The van der Waals surface area contributed by atoms with Crippen LogP contribution in [0.15, 0.2) is 22.7 Å². The van der Waals surface area contributed by atoms with E-state index in [1.165, 1.54) is 23.3 Å². The third-order valence-electron chi connectivity index (χ3n) is 7.22. The number of hydrogen-bond donors (Lipinski definition) is 1. The average Bonchev–Trinajstić information content (AvgIpc) is 3.57. The van der Waals surface area contributed by atoms with E-state index in [1.54, 1.807) is 20.3 Å². The molecule has 1 aliphatic carbocycles. The Balaban J connectivity index is 1.18. The number of amides is 1. The molecule has 3 aromatic rings. The molecule has 0 bridgehead atoms. The van der Waals surface area contributed by atoms with Crippen LogP contribution >= 0.6 is 11.3 Å². The van der Waals surface area contributed by atoms with E-state index in [9.17, 15) is 9.59 Å². The van der Waals surface area contributed by atoms with Gasteiger partial charge in [0.15, 0.2) is 11.5 Å². The van der Waals surface area contributed by atoms with Crippen LogP contribution in [0.5, 0.6) is 11.5 Å². The number of carbonyl (C=O) groups excluding carboxylic acids is 2. The number of ether oxygens (including phenoxy) is 3. The van der Waals surface area contributed by atoms with E-state index in [1.807, 2.05) is 12.1 Å². The fourth-order valence-electron chi connectivity index (χ4n) is 5.14. The third kappa shape index (κ3) is 5.39. The lowest BCUT2D eigenvalue weighted by Gasteiger charge is -2.30. The molecule has 202 valence electrons. The van der Waals surface area contributed by atoms with E-state index in [0.29, 0.717) is 53.2 Å². The van der Waals surface area contributed by atoms with Gasteiger partial charge < -0.3 is 24.1 Å². The fourth-order valence-corrected chi connectivity index (χ4v) is 6.42. The Morgan fingerprint density at radius 3 is 2.61 bits per heavy atom. The van der Waals surface area contributed by atoms with Crippen LogP contribution in [0.4, 0.5) is 5.00 Å². The summed E-state index contributed by atoms with van der Waals surface area (Å²) >= 11 is 1.52. The summed E-state index contributed by atoms with van der Waals surface area (Å²) in [6, 6.07) is 5.47. The van der Waals surface area contributed by atoms with Crippen LogP contribution in [0, 0.1) is 5.92 Å². The second-order valence-electron chi connectivity index (χ2n) is 9.53. The molecule has 0 spiro atoms. The highest BCUT2D eigenvalue weighted by molar-refractivity contribution is 7.17. The van der Waals surface area contributed by atoms with Gasteiger partial charge in [0.05, 0.1) is 33.4 Å². The molecule has 2 aliphatic rings. The Morgan fingerprint density at radius 2 is 1.87 bits per heavy atom. The van der Waals surface area contributed by atoms with Gasteiger partial charge in [-0.15, -0.1) is 11.3 Å². The Hall–Kier alpha value is -3.44. The summed E-state index contributed by atoms with van der Waals surface area (Å²) in [7, 11) is 4.56. The lowest BCUT2D eigenvalue weighted by molar-refractivity contribution is -0.121. The highest BCUT2D eigenvalue weighted by atomic mass is 32.1. The fraction of sp³-hybridized carbons (Fsp3) is 0.481. The lowest BCUT2D eigenvalue weighted by Crippen LogP contribution is -2.37. The second kappa shape index (κ2) is 11.5. The molecule has 3 heterocycles. The van der Waals surface area contributed by atoms with Crippen molar-refractivity contribution < 1.29 is 28.3 Å². The number of aryl methyl sites for hydroxylation is 1. The van der Waals surface area contributed by atoms with E-state index in [0.717, 1.165) is 49.9 Å². The monoisotopic (exact) mass is 540 g/mol. The van der Waals surface area contributed by atoms with Crippen LogP contribution in [0.25, 0.3) is 11.4 Å². The zero-order chi connectivity index (χ0) is 26.6. The molecular weight excluding hydrogens is 508 g/mol. The molecule has 0 radical (unpaired) electrons. The molecule has 1 N–H and O–H groups in total. The molecule has 1 saturated heterocycles. The topological polar surface area (TPSA) is 116 Å². The smallest absolute Gasteiger partial charge is 0.341 e. The minimum absolute atomic E-state index is 0.0399. The van der Waals surface area contributed by atoms with E-state index in [-0.39, 0.29) is 17.8 Å². The standard InChI is InChI=1S/C27H32N4O6S/c1-34-19-9-8-17(14-20(19)35-2)24-28-22(37-30-24)15-31-12-10-16(11-13-31)25(32)29-26-23(27(33)36-3)18-6-4-5-7-21(18)38-26/h8-9,14,16H,4-7,10-13,15H2,1-3H3,(H,29,32). The molecule has 1 aromatic carbocycles. The number of nitrogens with zero attached hydrogens (tertiary/aromatic N) is 3. The number of esters is 1. The summed E-state index contributed by atoms with van der Waals surface area (Å²) in [5.74, 6) is 1.69. The van der Waals surface area contributed by atoms with Crippen LogP contribution in [-0.4, -0.2) is 61.3 Å². The minimum atomic E-state index is -0.374. The number of rotatable bonds is 8. The first-order valence-corrected chi connectivity index (χ1v) is 13.6. The van der Waals surface area contributed by atoms with Crippen molar-refractivity contribution >= 4 is 28.2 Å². The van der Waals surface area contributed by atoms with Crippen molar-refractivity contribution in [2.75, 3.05) is 39.7 Å². The zero-order valence-electron chi connectivity index (χ0n) is 21.9. The quantitative estimate of drug-likeness (QED) is 0.417. The number of piperidine rings is 1. The zero-order valence-corrected chi connectivity index (χ0v) is 22.7. The summed E-state index contributed by atoms with van der Waals surface area (Å²) in [6.45, 7) is 1.98. The first-order chi connectivity index (χ1) is 18.5. The van der Waals surface area contributed by atoms with Crippen molar-refractivity contribution in [2.24, 2.45) is 5.92 Å². The van der Waals surface area contributed by atoms with Gasteiger partial charge >= 0.3 is 5.97 Å². The number of aromatic nitrogens is 2. The highest BCUT2D eigenvalue weighted by Gasteiger charge is 2.30. The Kier molecular flexibility index (Phi) is 7.94. The maximum atomic E-state index is 13.1. The van der Waals surface area contributed by atoms with Crippen LogP contribution in [0.2, 0.25) is 0 Å². The third-order valence-corrected chi connectivity index (χ3v) is 8.43. The minimum Gasteiger partial charge on any atom is -0.493 e. The highest BCUT2D eigenvalue weighted by Crippen LogP contribution is 2.39. The molecule has 5 rings (SSSR count). The van der Waals surface area contributed by atoms with Crippen LogP contribution < -0.4 is 14.8 Å². The van der Waals surface area contributed by atoms with E-state index >= 15 is 0 Å². The molecule has 0 unspecified atom stereocenters. The van der Waals surface area contributed by atoms with Crippen molar-refractivity contribution in [3.05, 3.63) is 40.1 Å². The largest absolute Gasteiger partial charge is 0.493 e. The van der Waals surface area contributed by atoms with Gasteiger partial charge in [-0.2, -0.15) is 4.98 Å². The molecule has 38 heavy (non-hydrogen) atoms. The number of likely N-dealkylation sites (tertiary alicyclic amines) is 1. The van der Waals surface area contributed by atoms with Crippen molar-refractivity contribution in [1.82, 2.24) is 15.0 Å². The Bertz CT molecular complexity index is 1310. The lowest BCUT2D eigenvalue weighted by atomic mass is 9.94. The number of benzene rings is 1. The molecule has 1 aliphatic heterocycles. The summed E-state index contributed by atoms with van der Waals surface area (Å²) in [6.07, 6.45) is 5.38. The summed E-state index contributed by atoms with van der Waals surface area (Å²) in [4.78, 5) is 33.6. The SMILES string of the molecule is COC(=O)c1c(NC(=O)C2CCN(Cc3nc(-c4ccc(OC)c(OC)c4)no3)CC2)sc2c1CCCC2. The predicted octanol–water partition coefficient (Wildman–Crippen LogP) is 4.33. The Labute approximate surface area is 225 Å². The van der Waals surface area contributed by atoms with Gasteiger partial charge in [0.25, 0.3) is 0 Å². The number of carbonyl (C=O) groups is 2. The molecule has 11 heteroatoms. The van der Waals surface area contributed by atoms with Crippen LogP contribution in [-0.2, 0) is 28.9 Å². The number of anilines is 1. The van der Waals surface area contributed by atoms with Crippen molar-refractivity contribution in [2.45, 2.75) is 45.1 Å². The number of methoxy groups -OCH3 is 3. The summed E-state index contributed by atoms with van der Waals surface area (Å²) < 4.78 is 21.2. The molecule has 2 aromatic heterocycles. The maximum absolute atomic E-state index is 13.1. The van der Waals surface area contributed by atoms with Gasteiger partial charge in [0.2, 0.25) is 17.6 Å². The summed E-state index contributed by atoms with van der Waals surface area (Å²) in [5.41, 5.74) is 2.36. The van der Waals surface area contributed by atoms with Crippen LogP contribution in [0.1, 0.15) is 52.4 Å². The summed E-state index contributed by atoms with van der Waals surface area (Å²) in [5, 5.41) is 7.81. The van der Waals surface area contributed by atoms with Crippen molar-refractivity contribution in [3.8, 4) is 22.9 Å². The Morgan fingerprint density at radius 1 is 1.11 bits per heavy atom. The van der Waals surface area contributed by atoms with E-state index < -0.39 is 0 Å². The van der Waals surface area contributed by atoms with E-state index in [4.69, 9.17) is 18.7 Å². The van der Waals surface area contributed by atoms with Gasteiger partial charge in [-0.1, -0.05) is 5.16 Å². The van der Waals surface area contributed by atoms with E-state index in [2.05, 4.69) is 20.4 Å². The molecule has 0 atom stereocenters. The van der Waals surface area contributed by atoms with Crippen molar-refractivity contribution in [3.63, 3.8) is 0 Å². The van der Waals surface area contributed by atoms with Crippen LogP contribution in [0.3, 0.4) is 0 Å². The number of hydrogen-bond acceptors (Lipinski definition) is 10. The first-order valence-electron chi connectivity index (χ1n) is 12.8. The van der Waals surface area contributed by atoms with Gasteiger partial charge in [0.1, 0.15) is 5.00 Å². The van der Waals surface area contributed by atoms with Gasteiger partial charge in [0, 0.05) is 16.4 Å². The average molecular weight is 541 g/mol. The molecule has 10 nitrogen and oxygen atoms in total. The molecule has 1 amide bonds. The molecule has 1 fully saturated rings. The second-order valence-corrected chi connectivity index (χ2v) is 10.6. The van der Waals surface area contributed by atoms with Gasteiger partial charge in [-0.05, 0) is 75.4 Å². The van der Waals surface area contributed by atoms with Gasteiger partial charge in [-0.25, -0.2) is 4.79 Å². The molecule has 0 saturated carbocycles. The predicted molar refractivity (Wildman–Crippen MR) is 142 cm³/mol. The number of nitrogens with one attached hydrogen (secondary N) is 1. The number of thiophene rings is 1. The first kappa shape index (κ1) is 26.2. The normalized spacial score (nSPS) is 16.1.